The average Bonchev–Trinajstić information content (AvgIpc) is 3.12. The second-order valence-corrected chi connectivity index (χ2v) is 14.4. The molecule has 2 N–H and O–H groups in total. The molecule has 4 rings (SSSR count). The van der Waals surface area contributed by atoms with Crippen molar-refractivity contribution in [2.24, 2.45) is 46.3 Å². The van der Waals surface area contributed by atoms with Crippen LogP contribution in [-0.4, -0.2) is 38.7 Å². The van der Waals surface area contributed by atoms with Gasteiger partial charge in [0.1, 0.15) is 0 Å². The van der Waals surface area contributed by atoms with Gasteiger partial charge in [-0.15, -0.1) is 0 Å². The Morgan fingerprint density at radius 2 is 1.72 bits per heavy atom. The Kier molecular flexibility index (Phi) is 7.90. The van der Waals surface area contributed by atoms with Gasteiger partial charge < -0.3 is 0 Å². The molecule has 9 atom stereocenters. The highest BCUT2D eigenvalue weighted by Crippen LogP contribution is 2.67. The van der Waals surface area contributed by atoms with Crippen molar-refractivity contribution in [3.63, 3.8) is 0 Å². The van der Waals surface area contributed by atoms with Gasteiger partial charge in [-0.3, -0.25) is 9.11 Å². The summed E-state index contributed by atoms with van der Waals surface area (Å²) in [5.74, 6) is 2.68. The minimum absolute atomic E-state index is 0.0649. The highest BCUT2D eigenvalue weighted by atomic mass is 32.3. The van der Waals surface area contributed by atoms with Gasteiger partial charge in [0.15, 0.2) is 0 Å². The Morgan fingerprint density at radius 1 is 1.00 bits per heavy atom. The van der Waals surface area contributed by atoms with Gasteiger partial charge in [0, 0.05) is 0 Å². The van der Waals surface area contributed by atoms with E-state index in [0.29, 0.717) is 42.4 Å². The fourth-order valence-electron chi connectivity index (χ4n) is 8.53. The van der Waals surface area contributed by atoms with E-state index < -0.39 is 26.9 Å². The summed E-state index contributed by atoms with van der Waals surface area (Å²) in [5.41, 5.74) is 1.63. The minimum atomic E-state index is -4.44. The maximum Gasteiger partial charge on any atom is 0.397 e. The van der Waals surface area contributed by atoms with E-state index in [-0.39, 0.29) is 23.4 Å². The van der Waals surface area contributed by atoms with E-state index in [1.807, 2.05) is 13.0 Å². The van der Waals surface area contributed by atoms with Crippen LogP contribution in [0.2, 0.25) is 0 Å². The molecule has 0 saturated heterocycles. The van der Waals surface area contributed by atoms with Crippen LogP contribution in [-0.2, 0) is 29.2 Å². The van der Waals surface area contributed by atoms with Crippen molar-refractivity contribution >= 4 is 20.8 Å². The van der Waals surface area contributed by atoms with Crippen molar-refractivity contribution in [3.8, 4) is 0 Å². The molecular formula is C26H42O8S2. The molecule has 3 fully saturated rings. The van der Waals surface area contributed by atoms with Crippen LogP contribution in [0.5, 0.6) is 0 Å². The number of hydrogen-bond acceptors (Lipinski definition) is 6. The average molecular weight is 547 g/mol. The lowest BCUT2D eigenvalue weighted by Crippen LogP contribution is -2.51. The molecule has 0 spiro atoms. The molecule has 0 radical (unpaired) electrons. The van der Waals surface area contributed by atoms with Gasteiger partial charge in [-0.25, -0.2) is 8.37 Å². The van der Waals surface area contributed by atoms with Crippen LogP contribution in [0, 0.1) is 46.3 Å². The largest absolute Gasteiger partial charge is 0.397 e. The van der Waals surface area contributed by atoms with Gasteiger partial charge in [-0.2, -0.15) is 16.8 Å². The van der Waals surface area contributed by atoms with Crippen LogP contribution in [0.25, 0.3) is 0 Å². The van der Waals surface area contributed by atoms with Gasteiger partial charge in [0.05, 0.1) is 12.7 Å². The lowest BCUT2D eigenvalue weighted by atomic mass is 9.47. The normalized spacial score (nSPS) is 40.7. The summed E-state index contributed by atoms with van der Waals surface area (Å²) in [6, 6.07) is 0. The molecular weight excluding hydrogens is 504 g/mol. The van der Waals surface area contributed by atoms with E-state index >= 15 is 0 Å². The van der Waals surface area contributed by atoms with E-state index in [4.69, 9.17) is 13.3 Å². The van der Waals surface area contributed by atoms with Crippen molar-refractivity contribution in [3.05, 3.63) is 23.8 Å². The zero-order valence-corrected chi connectivity index (χ0v) is 23.4. The fourth-order valence-corrected chi connectivity index (χ4v) is 9.43. The van der Waals surface area contributed by atoms with Crippen molar-refractivity contribution in [1.29, 1.82) is 0 Å². The Labute approximate surface area is 216 Å². The summed E-state index contributed by atoms with van der Waals surface area (Å²) >= 11 is 0. The van der Waals surface area contributed by atoms with E-state index in [1.165, 1.54) is 31.3 Å². The van der Waals surface area contributed by atoms with Crippen LogP contribution in [0.1, 0.15) is 79.1 Å². The van der Waals surface area contributed by atoms with Crippen molar-refractivity contribution < 1.29 is 34.3 Å². The lowest BCUT2D eigenvalue weighted by molar-refractivity contribution is -0.0527. The zero-order valence-electron chi connectivity index (χ0n) is 21.8. The van der Waals surface area contributed by atoms with E-state index in [2.05, 4.69) is 37.1 Å². The van der Waals surface area contributed by atoms with E-state index in [1.54, 1.807) is 0 Å². The molecule has 206 valence electrons. The molecule has 0 amide bonds. The molecule has 4 aliphatic carbocycles. The highest BCUT2D eigenvalue weighted by Gasteiger charge is 2.59. The van der Waals surface area contributed by atoms with E-state index in [9.17, 15) is 16.8 Å². The quantitative estimate of drug-likeness (QED) is 0.306. The molecule has 0 aromatic heterocycles. The summed E-state index contributed by atoms with van der Waals surface area (Å²) in [7, 11) is -8.86. The summed E-state index contributed by atoms with van der Waals surface area (Å²) in [6.07, 6.45) is 13.9. The molecule has 0 aromatic carbocycles. The summed E-state index contributed by atoms with van der Waals surface area (Å²) < 4.78 is 71.6. The molecule has 0 bridgehead atoms. The Bertz CT molecular complexity index is 1100. The molecule has 10 heteroatoms. The third-order valence-electron chi connectivity index (χ3n) is 10.2. The third-order valence-corrected chi connectivity index (χ3v) is 11.2. The van der Waals surface area contributed by atoms with Crippen LogP contribution < -0.4 is 0 Å². The predicted molar refractivity (Wildman–Crippen MR) is 137 cm³/mol. The Balaban J connectivity index is 1.44. The first kappa shape index (κ1) is 28.2. The molecule has 3 saturated carbocycles. The highest BCUT2D eigenvalue weighted by molar-refractivity contribution is 7.81. The third kappa shape index (κ3) is 5.78. The van der Waals surface area contributed by atoms with Gasteiger partial charge in [-0.1, -0.05) is 51.5 Å². The number of hydrogen-bond donors (Lipinski definition) is 2. The smallest absolute Gasteiger partial charge is 0.264 e. The fraction of sp³-hybridized carbons (Fsp3) is 0.846. The van der Waals surface area contributed by atoms with Crippen LogP contribution in [0.15, 0.2) is 23.8 Å². The monoisotopic (exact) mass is 546 g/mol. The van der Waals surface area contributed by atoms with Crippen LogP contribution in [0.3, 0.4) is 0 Å². The number of fused-ring (bicyclic) bond motifs is 5. The maximum absolute atomic E-state index is 11.2. The molecule has 0 heterocycles. The maximum atomic E-state index is 11.2. The zero-order chi connectivity index (χ0) is 26.5. The first-order valence-corrected chi connectivity index (χ1v) is 16.0. The Morgan fingerprint density at radius 3 is 2.39 bits per heavy atom. The second-order valence-electron chi connectivity index (χ2n) is 12.3. The number of rotatable bonds is 8. The van der Waals surface area contributed by atoms with Gasteiger partial charge >= 0.3 is 20.8 Å². The predicted octanol–water partition coefficient (Wildman–Crippen LogP) is 5.40. The van der Waals surface area contributed by atoms with Gasteiger partial charge in [0.2, 0.25) is 0 Å². The molecule has 4 aliphatic rings. The van der Waals surface area contributed by atoms with Crippen molar-refractivity contribution in [2.75, 3.05) is 6.61 Å². The van der Waals surface area contributed by atoms with Crippen molar-refractivity contribution in [2.45, 2.75) is 85.2 Å². The summed E-state index contributed by atoms with van der Waals surface area (Å²) in [4.78, 5) is 0. The SMILES string of the molecule is CC(C=CC(C)C1CCC2C3CC=C4CC(OS(=O)(=O)O)CCC4(C)C3CCC12C)COS(=O)(=O)O. The lowest BCUT2D eigenvalue weighted by Gasteiger charge is -2.58. The van der Waals surface area contributed by atoms with Gasteiger partial charge in [-0.05, 0) is 97.7 Å². The molecule has 8 nitrogen and oxygen atoms in total. The second kappa shape index (κ2) is 10.1. The number of allylic oxidation sites excluding steroid dienone is 2. The van der Waals surface area contributed by atoms with Crippen LogP contribution in [0.4, 0.5) is 0 Å². The first-order valence-electron chi connectivity index (χ1n) is 13.3. The molecule has 9 unspecified atom stereocenters. The summed E-state index contributed by atoms with van der Waals surface area (Å²) in [5, 5.41) is 0. The first-order chi connectivity index (χ1) is 16.6. The van der Waals surface area contributed by atoms with Gasteiger partial charge in [0.25, 0.3) is 0 Å². The summed E-state index contributed by atoms with van der Waals surface area (Å²) in [6.45, 7) is 8.89. The topological polar surface area (TPSA) is 127 Å². The van der Waals surface area contributed by atoms with Crippen molar-refractivity contribution in [1.82, 2.24) is 0 Å². The standard InChI is InChI=1S/C26H42O8S2/c1-17(16-33-35(27,28)29)5-6-18(2)22-9-10-23-21-8-7-19-15-20(34-36(30,31)32)11-13-25(19,3)24(21)12-14-26(22,23)4/h5-7,17-18,20-24H,8-16H2,1-4H3,(H,27,28,29)(H,30,31,32). The molecule has 0 aromatic rings. The van der Waals surface area contributed by atoms with E-state index in [0.717, 1.165) is 12.8 Å². The molecule has 36 heavy (non-hydrogen) atoms. The van der Waals surface area contributed by atoms with Crippen LogP contribution >= 0.6 is 0 Å². The molecule has 0 aliphatic heterocycles. The Hall–Kier alpha value is -0.780. The minimum Gasteiger partial charge on any atom is -0.264 e.